The number of rotatable bonds is 7. The van der Waals surface area contributed by atoms with Crippen LogP contribution >= 0.6 is 0 Å². The summed E-state index contributed by atoms with van der Waals surface area (Å²) in [7, 11) is 0. The van der Waals surface area contributed by atoms with Gasteiger partial charge in [0.05, 0.1) is 18.7 Å². The Labute approximate surface area is 175 Å². The lowest BCUT2D eigenvalue weighted by Crippen LogP contribution is -2.47. The maximum atomic E-state index is 12.1. The molecule has 1 fully saturated rings. The molecule has 3 N–H and O–H groups in total. The lowest BCUT2D eigenvalue weighted by molar-refractivity contribution is -0.120. The summed E-state index contributed by atoms with van der Waals surface area (Å²) in [6, 6.07) is 14.0. The van der Waals surface area contributed by atoms with E-state index in [1.54, 1.807) is 24.3 Å². The SMILES string of the molecule is CCCOC(=O)c1ccc(NC(=O)NCc2ccc(N3CCNC(=O)C3)cc2)cc1. The molecule has 0 aromatic heterocycles. The molecule has 8 heteroatoms. The number of urea groups is 1. The van der Waals surface area contributed by atoms with Gasteiger partial charge in [0.1, 0.15) is 0 Å². The number of nitrogens with one attached hydrogen (secondary N) is 3. The van der Waals surface area contributed by atoms with Crippen molar-refractivity contribution in [2.75, 3.05) is 36.5 Å². The molecule has 0 atom stereocenters. The molecule has 0 aliphatic carbocycles. The van der Waals surface area contributed by atoms with Crippen molar-refractivity contribution in [3.63, 3.8) is 0 Å². The van der Waals surface area contributed by atoms with Crippen molar-refractivity contribution >= 4 is 29.3 Å². The quantitative estimate of drug-likeness (QED) is 0.609. The monoisotopic (exact) mass is 410 g/mol. The minimum atomic E-state index is -0.374. The fraction of sp³-hybridized carbons (Fsp3) is 0.318. The number of piperazine rings is 1. The van der Waals surface area contributed by atoms with Gasteiger partial charge in [0.15, 0.2) is 0 Å². The van der Waals surface area contributed by atoms with Crippen molar-refractivity contribution < 1.29 is 19.1 Å². The van der Waals surface area contributed by atoms with Gasteiger partial charge in [0.2, 0.25) is 5.91 Å². The van der Waals surface area contributed by atoms with Gasteiger partial charge in [0, 0.05) is 31.0 Å². The highest BCUT2D eigenvalue weighted by molar-refractivity contribution is 5.92. The van der Waals surface area contributed by atoms with Crippen LogP contribution in [0.15, 0.2) is 48.5 Å². The predicted octanol–water partition coefficient (Wildman–Crippen LogP) is 2.51. The number of nitrogens with zero attached hydrogens (tertiary/aromatic N) is 1. The smallest absolute Gasteiger partial charge is 0.338 e. The Morgan fingerprint density at radius 1 is 1.10 bits per heavy atom. The molecule has 3 amide bonds. The molecule has 2 aromatic carbocycles. The van der Waals surface area contributed by atoms with Gasteiger partial charge >= 0.3 is 12.0 Å². The van der Waals surface area contributed by atoms with E-state index in [0.717, 1.165) is 24.2 Å². The van der Waals surface area contributed by atoms with Gasteiger partial charge in [0.25, 0.3) is 0 Å². The van der Waals surface area contributed by atoms with Crippen LogP contribution in [-0.2, 0) is 16.1 Å². The summed E-state index contributed by atoms with van der Waals surface area (Å²) in [6.07, 6.45) is 0.768. The third-order valence-corrected chi connectivity index (χ3v) is 4.61. The van der Waals surface area contributed by atoms with Gasteiger partial charge < -0.3 is 25.6 Å². The number of hydrogen-bond acceptors (Lipinski definition) is 5. The fourth-order valence-electron chi connectivity index (χ4n) is 3.01. The summed E-state index contributed by atoms with van der Waals surface area (Å²) in [5.74, 6) is -0.351. The minimum Gasteiger partial charge on any atom is -0.462 e. The van der Waals surface area contributed by atoms with Gasteiger partial charge in [-0.25, -0.2) is 9.59 Å². The Bertz CT molecular complexity index is 881. The molecule has 2 aromatic rings. The van der Waals surface area contributed by atoms with E-state index in [2.05, 4.69) is 16.0 Å². The topological polar surface area (TPSA) is 99.8 Å². The van der Waals surface area contributed by atoms with Crippen LogP contribution in [0.3, 0.4) is 0 Å². The Hall–Kier alpha value is -3.55. The summed E-state index contributed by atoms with van der Waals surface area (Å²) in [4.78, 5) is 37.4. The molecule has 0 bridgehead atoms. The Balaban J connectivity index is 1.46. The van der Waals surface area contributed by atoms with Crippen LogP contribution < -0.4 is 20.9 Å². The molecular formula is C22H26N4O4. The number of ether oxygens (including phenoxy) is 1. The van der Waals surface area contributed by atoms with Crippen LogP contribution in [-0.4, -0.2) is 44.1 Å². The Morgan fingerprint density at radius 2 is 1.83 bits per heavy atom. The van der Waals surface area contributed by atoms with E-state index in [1.165, 1.54) is 0 Å². The Morgan fingerprint density at radius 3 is 2.50 bits per heavy atom. The van der Waals surface area contributed by atoms with Crippen molar-refractivity contribution in [3.05, 3.63) is 59.7 Å². The second-order valence-corrected chi connectivity index (χ2v) is 6.96. The van der Waals surface area contributed by atoms with E-state index < -0.39 is 0 Å². The zero-order valence-electron chi connectivity index (χ0n) is 16.9. The van der Waals surface area contributed by atoms with E-state index >= 15 is 0 Å². The highest BCUT2D eigenvalue weighted by atomic mass is 16.5. The first-order chi connectivity index (χ1) is 14.5. The minimum absolute atomic E-state index is 0.0227. The highest BCUT2D eigenvalue weighted by Crippen LogP contribution is 2.16. The van der Waals surface area contributed by atoms with E-state index in [0.29, 0.717) is 37.5 Å². The number of benzene rings is 2. The van der Waals surface area contributed by atoms with Gasteiger partial charge in [-0.2, -0.15) is 0 Å². The number of hydrogen-bond donors (Lipinski definition) is 3. The van der Waals surface area contributed by atoms with Crippen LogP contribution in [0.25, 0.3) is 0 Å². The first-order valence-corrected chi connectivity index (χ1v) is 9.98. The number of carbonyl (C=O) groups is 3. The van der Waals surface area contributed by atoms with E-state index in [4.69, 9.17) is 4.74 Å². The molecule has 0 unspecified atom stereocenters. The average Bonchev–Trinajstić information content (AvgIpc) is 2.77. The molecule has 0 saturated carbocycles. The zero-order chi connectivity index (χ0) is 21.3. The normalized spacial score (nSPS) is 13.4. The molecule has 158 valence electrons. The second kappa shape index (κ2) is 10.3. The molecule has 1 saturated heterocycles. The van der Waals surface area contributed by atoms with Crippen LogP contribution in [0.5, 0.6) is 0 Å². The first kappa shape index (κ1) is 21.2. The summed E-state index contributed by atoms with van der Waals surface area (Å²) in [5, 5.41) is 8.34. The van der Waals surface area contributed by atoms with E-state index in [9.17, 15) is 14.4 Å². The van der Waals surface area contributed by atoms with Crippen LogP contribution in [0, 0.1) is 0 Å². The number of amides is 3. The lowest BCUT2D eigenvalue weighted by atomic mass is 10.2. The molecular weight excluding hydrogens is 384 g/mol. The number of esters is 1. The summed E-state index contributed by atoms with van der Waals surface area (Å²) in [5.41, 5.74) is 2.96. The van der Waals surface area contributed by atoms with Crippen LogP contribution in [0.1, 0.15) is 29.3 Å². The predicted molar refractivity (Wildman–Crippen MR) is 115 cm³/mol. The lowest BCUT2D eigenvalue weighted by Gasteiger charge is -2.28. The second-order valence-electron chi connectivity index (χ2n) is 6.96. The molecule has 8 nitrogen and oxygen atoms in total. The number of anilines is 2. The zero-order valence-corrected chi connectivity index (χ0v) is 16.9. The van der Waals surface area contributed by atoms with Crippen LogP contribution in [0.2, 0.25) is 0 Å². The van der Waals surface area contributed by atoms with E-state index in [-0.39, 0.29) is 17.9 Å². The summed E-state index contributed by atoms with van der Waals surface area (Å²) < 4.78 is 5.08. The van der Waals surface area contributed by atoms with Gasteiger partial charge in [-0.15, -0.1) is 0 Å². The van der Waals surface area contributed by atoms with Gasteiger partial charge in [-0.05, 0) is 48.4 Å². The number of carbonyl (C=O) groups excluding carboxylic acids is 3. The summed E-state index contributed by atoms with van der Waals surface area (Å²) >= 11 is 0. The largest absolute Gasteiger partial charge is 0.462 e. The van der Waals surface area contributed by atoms with Gasteiger partial charge in [-0.3, -0.25) is 4.79 Å². The third-order valence-electron chi connectivity index (χ3n) is 4.61. The summed E-state index contributed by atoms with van der Waals surface area (Å²) in [6.45, 7) is 4.46. The average molecular weight is 410 g/mol. The maximum absolute atomic E-state index is 12.1. The molecule has 1 aliphatic heterocycles. The highest BCUT2D eigenvalue weighted by Gasteiger charge is 2.16. The Kier molecular flexibility index (Phi) is 7.26. The first-order valence-electron chi connectivity index (χ1n) is 9.98. The van der Waals surface area contributed by atoms with Crippen LogP contribution in [0.4, 0.5) is 16.2 Å². The molecule has 1 aliphatic rings. The van der Waals surface area contributed by atoms with Crippen molar-refractivity contribution in [1.29, 1.82) is 0 Å². The van der Waals surface area contributed by atoms with E-state index in [1.807, 2.05) is 36.1 Å². The molecule has 30 heavy (non-hydrogen) atoms. The van der Waals surface area contributed by atoms with Crippen molar-refractivity contribution in [1.82, 2.24) is 10.6 Å². The molecule has 1 heterocycles. The third kappa shape index (κ3) is 5.97. The standard InChI is InChI=1S/C22H26N4O4/c1-2-13-30-21(28)17-5-7-18(8-6-17)25-22(29)24-14-16-3-9-19(10-4-16)26-12-11-23-20(27)15-26/h3-10H,2,11-15H2,1H3,(H,23,27)(H2,24,25,29). The maximum Gasteiger partial charge on any atom is 0.338 e. The molecule has 0 spiro atoms. The van der Waals surface area contributed by atoms with Gasteiger partial charge in [-0.1, -0.05) is 19.1 Å². The fourth-order valence-corrected chi connectivity index (χ4v) is 3.01. The molecule has 0 radical (unpaired) electrons. The van der Waals surface area contributed by atoms with Crippen molar-refractivity contribution in [2.24, 2.45) is 0 Å². The van der Waals surface area contributed by atoms with Crippen molar-refractivity contribution in [3.8, 4) is 0 Å². The van der Waals surface area contributed by atoms with Crippen molar-refractivity contribution in [2.45, 2.75) is 19.9 Å². The molecule has 3 rings (SSSR count).